The van der Waals surface area contributed by atoms with Gasteiger partial charge in [-0.05, 0) is 73.5 Å². The number of nitrogens with one attached hydrogen (secondary N) is 1. The number of carbonyl (C=O) groups is 1. The molecule has 0 atom stereocenters. The predicted molar refractivity (Wildman–Crippen MR) is 130 cm³/mol. The van der Waals surface area contributed by atoms with Crippen LogP contribution in [0.25, 0.3) is 6.08 Å². The maximum absolute atomic E-state index is 12.5. The lowest BCUT2D eigenvalue weighted by molar-refractivity contribution is -0.112. The van der Waals surface area contributed by atoms with Crippen LogP contribution >= 0.6 is 15.9 Å². The molecular formula is C26H23BrN2O3. The fourth-order valence-electron chi connectivity index (χ4n) is 3.11. The zero-order valence-electron chi connectivity index (χ0n) is 17.9. The van der Waals surface area contributed by atoms with Gasteiger partial charge in [-0.3, -0.25) is 4.79 Å². The SMILES string of the molecule is Cc1cc(C)cc(OCCOc2ccc(Br)cc2/C=C(\C#N)C(=O)Nc2ccccc2)c1. The highest BCUT2D eigenvalue weighted by molar-refractivity contribution is 9.10. The highest BCUT2D eigenvalue weighted by atomic mass is 79.9. The minimum absolute atomic E-state index is 0.0247. The molecule has 1 amide bonds. The lowest BCUT2D eigenvalue weighted by Gasteiger charge is -2.12. The summed E-state index contributed by atoms with van der Waals surface area (Å²) in [5.41, 5.74) is 3.49. The smallest absolute Gasteiger partial charge is 0.266 e. The van der Waals surface area contributed by atoms with E-state index in [1.807, 2.05) is 56.3 Å². The van der Waals surface area contributed by atoms with E-state index in [0.29, 0.717) is 30.2 Å². The third kappa shape index (κ3) is 6.73. The third-order valence-corrected chi connectivity index (χ3v) is 4.97. The van der Waals surface area contributed by atoms with Gasteiger partial charge in [0.1, 0.15) is 36.4 Å². The van der Waals surface area contributed by atoms with Gasteiger partial charge in [-0.1, -0.05) is 40.2 Å². The first-order chi connectivity index (χ1) is 15.4. The number of ether oxygens (including phenoxy) is 2. The van der Waals surface area contributed by atoms with Crippen LogP contribution in [0.1, 0.15) is 16.7 Å². The zero-order valence-corrected chi connectivity index (χ0v) is 19.5. The van der Waals surface area contributed by atoms with E-state index in [-0.39, 0.29) is 5.57 Å². The van der Waals surface area contributed by atoms with Crippen LogP contribution < -0.4 is 14.8 Å². The fraction of sp³-hybridized carbons (Fsp3) is 0.154. The standard InChI is InChI=1S/C26H23BrN2O3/c1-18-12-19(2)14-24(13-18)31-10-11-32-25-9-8-22(27)16-20(25)15-21(17-28)26(30)29-23-6-4-3-5-7-23/h3-9,12-16H,10-11H2,1-2H3,(H,29,30)/b21-15+. The van der Waals surface area contributed by atoms with Crippen LogP contribution in [0.2, 0.25) is 0 Å². The first-order valence-corrected chi connectivity index (χ1v) is 10.9. The molecule has 0 aromatic heterocycles. The van der Waals surface area contributed by atoms with Gasteiger partial charge in [0.05, 0.1) is 0 Å². The van der Waals surface area contributed by atoms with Crippen molar-refractivity contribution in [2.75, 3.05) is 18.5 Å². The molecule has 0 heterocycles. The predicted octanol–water partition coefficient (Wildman–Crippen LogP) is 6.07. The third-order valence-electron chi connectivity index (χ3n) is 4.47. The molecule has 0 fully saturated rings. The summed E-state index contributed by atoms with van der Waals surface area (Å²) in [5, 5.41) is 12.3. The molecule has 1 N–H and O–H groups in total. The number of nitrogens with zero attached hydrogens (tertiary/aromatic N) is 1. The molecule has 0 saturated carbocycles. The minimum Gasteiger partial charge on any atom is -0.490 e. The monoisotopic (exact) mass is 490 g/mol. The van der Waals surface area contributed by atoms with Crippen LogP contribution in [-0.2, 0) is 4.79 Å². The number of hydrogen-bond acceptors (Lipinski definition) is 4. The van der Waals surface area contributed by atoms with E-state index in [4.69, 9.17) is 9.47 Å². The normalized spacial score (nSPS) is 10.9. The number of hydrogen-bond donors (Lipinski definition) is 1. The average molecular weight is 491 g/mol. The Morgan fingerprint density at radius 2 is 1.69 bits per heavy atom. The van der Waals surface area contributed by atoms with Gasteiger partial charge in [-0.15, -0.1) is 0 Å². The van der Waals surface area contributed by atoms with Crippen molar-refractivity contribution in [3.63, 3.8) is 0 Å². The van der Waals surface area contributed by atoms with E-state index in [9.17, 15) is 10.1 Å². The van der Waals surface area contributed by atoms with Gasteiger partial charge in [0.25, 0.3) is 5.91 Å². The summed E-state index contributed by atoms with van der Waals surface area (Å²) < 4.78 is 12.5. The van der Waals surface area contributed by atoms with Crippen LogP contribution in [0, 0.1) is 25.2 Å². The van der Waals surface area contributed by atoms with Crippen molar-refractivity contribution in [2.24, 2.45) is 0 Å². The second-order valence-electron chi connectivity index (χ2n) is 7.19. The summed E-state index contributed by atoms with van der Waals surface area (Å²) >= 11 is 3.43. The molecule has 0 spiro atoms. The van der Waals surface area contributed by atoms with Crippen molar-refractivity contribution >= 4 is 33.6 Å². The maximum Gasteiger partial charge on any atom is 0.266 e. The first-order valence-electron chi connectivity index (χ1n) is 10.1. The number of benzene rings is 3. The van der Waals surface area contributed by atoms with Gasteiger partial charge in [0.15, 0.2) is 0 Å². The quantitative estimate of drug-likeness (QED) is 0.236. The van der Waals surface area contributed by atoms with Crippen LogP contribution in [0.15, 0.2) is 76.8 Å². The lowest BCUT2D eigenvalue weighted by Crippen LogP contribution is -2.13. The topological polar surface area (TPSA) is 71.3 Å². The number of anilines is 1. The molecule has 0 bridgehead atoms. The van der Waals surface area contributed by atoms with Crippen LogP contribution in [-0.4, -0.2) is 19.1 Å². The summed E-state index contributed by atoms with van der Waals surface area (Å²) in [6, 6.07) is 22.4. The number of para-hydroxylation sites is 1. The first kappa shape index (κ1) is 23.1. The van der Waals surface area contributed by atoms with Crippen LogP contribution in [0.5, 0.6) is 11.5 Å². The number of halogens is 1. The van der Waals surface area contributed by atoms with E-state index in [2.05, 4.69) is 27.3 Å². The largest absolute Gasteiger partial charge is 0.490 e. The second-order valence-corrected chi connectivity index (χ2v) is 8.11. The molecule has 0 saturated heterocycles. The van der Waals surface area contributed by atoms with Gasteiger partial charge in [0, 0.05) is 15.7 Å². The van der Waals surface area contributed by atoms with Gasteiger partial charge in [0.2, 0.25) is 0 Å². The number of rotatable bonds is 8. The molecule has 3 aromatic carbocycles. The Morgan fingerprint density at radius 3 is 2.38 bits per heavy atom. The molecule has 0 unspecified atom stereocenters. The van der Waals surface area contributed by atoms with Gasteiger partial charge in [-0.25, -0.2) is 0 Å². The maximum atomic E-state index is 12.5. The van der Waals surface area contributed by atoms with E-state index < -0.39 is 5.91 Å². The van der Waals surface area contributed by atoms with Crippen molar-refractivity contribution in [1.82, 2.24) is 0 Å². The summed E-state index contributed by atoms with van der Waals surface area (Å²) in [4.78, 5) is 12.5. The van der Waals surface area contributed by atoms with Crippen molar-refractivity contribution < 1.29 is 14.3 Å². The molecule has 0 aliphatic heterocycles. The zero-order chi connectivity index (χ0) is 22.9. The number of carbonyl (C=O) groups excluding carboxylic acids is 1. The van der Waals surface area contributed by atoms with Crippen LogP contribution in [0.3, 0.4) is 0 Å². The van der Waals surface area contributed by atoms with Crippen molar-refractivity contribution in [1.29, 1.82) is 5.26 Å². The number of aryl methyl sites for hydroxylation is 2. The second kappa shape index (κ2) is 11.2. The number of amides is 1. The van der Waals surface area contributed by atoms with E-state index >= 15 is 0 Å². The molecule has 6 heteroatoms. The molecule has 5 nitrogen and oxygen atoms in total. The van der Waals surface area contributed by atoms with Crippen molar-refractivity contribution in [3.8, 4) is 17.6 Å². The Labute approximate surface area is 196 Å². The summed E-state index contributed by atoms with van der Waals surface area (Å²) in [7, 11) is 0. The van der Waals surface area contributed by atoms with Crippen LogP contribution in [0.4, 0.5) is 5.69 Å². The summed E-state index contributed by atoms with van der Waals surface area (Å²) in [6.07, 6.45) is 1.52. The molecule has 0 aliphatic rings. The molecular weight excluding hydrogens is 468 g/mol. The summed E-state index contributed by atoms with van der Waals surface area (Å²) in [6.45, 7) is 4.73. The fourth-order valence-corrected chi connectivity index (χ4v) is 3.49. The lowest BCUT2D eigenvalue weighted by atomic mass is 10.1. The van der Waals surface area contributed by atoms with E-state index in [1.54, 1.807) is 24.3 Å². The van der Waals surface area contributed by atoms with Crippen molar-refractivity contribution in [2.45, 2.75) is 13.8 Å². The van der Waals surface area contributed by atoms with Gasteiger partial charge < -0.3 is 14.8 Å². The molecule has 32 heavy (non-hydrogen) atoms. The van der Waals surface area contributed by atoms with Crippen molar-refractivity contribution in [3.05, 3.63) is 93.5 Å². The Kier molecular flexibility index (Phi) is 8.07. The van der Waals surface area contributed by atoms with Gasteiger partial charge >= 0.3 is 0 Å². The van der Waals surface area contributed by atoms with Gasteiger partial charge in [-0.2, -0.15) is 5.26 Å². The highest BCUT2D eigenvalue weighted by Gasteiger charge is 2.12. The Balaban J connectivity index is 1.69. The highest BCUT2D eigenvalue weighted by Crippen LogP contribution is 2.26. The Morgan fingerprint density at radius 1 is 1.00 bits per heavy atom. The Bertz CT molecular complexity index is 1150. The minimum atomic E-state index is -0.484. The molecule has 0 aliphatic carbocycles. The van der Waals surface area contributed by atoms with E-state index in [0.717, 1.165) is 21.3 Å². The molecule has 162 valence electrons. The molecule has 3 aromatic rings. The number of nitriles is 1. The average Bonchev–Trinajstić information content (AvgIpc) is 2.76. The van der Waals surface area contributed by atoms with E-state index in [1.165, 1.54) is 6.08 Å². The Hall–Kier alpha value is -3.56. The summed E-state index contributed by atoms with van der Waals surface area (Å²) in [5.74, 6) is 0.867. The molecule has 0 radical (unpaired) electrons. The molecule has 3 rings (SSSR count).